The van der Waals surface area contributed by atoms with Crippen LogP contribution in [0.15, 0.2) is 54.6 Å². The number of carbonyl (C=O) groups is 1. The Hall–Kier alpha value is -2.49. The van der Waals surface area contributed by atoms with Gasteiger partial charge in [0, 0.05) is 12.3 Å². The van der Waals surface area contributed by atoms with E-state index in [1.165, 1.54) is 0 Å². The summed E-state index contributed by atoms with van der Waals surface area (Å²) in [4.78, 5) is 12.8. The summed E-state index contributed by atoms with van der Waals surface area (Å²) < 4.78 is 22.0. The maximum Gasteiger partial charge on any atom is 0.345 e. The van der Waals surface area contributed by atoms with Crippen LogP contribution < -0.4 is 4.74 Å². The van der Waals surface area contributed by atoms with Crippen molar-refractivity contribution >= 4 is 5.97 Å². The molecule has 3 heterocycles. The molecule has 3 saturated heterocycles. The summed E-state index contributed by atoms with van der Waals surface area (Å²) in [5.74, 6) is -3.15. The van der Waals surface area contributed by atoms with E-state index in [1.54, 1.807) is 24.3 Å². The van der Waals surface area contributed by atoms with E-state index < -0.39 is 41.8 Å². The Kier molecular flexibility index (Phi) is 4.57. The summed E-state index contributed by atoms with van der Waals surface area (Å²) in [6, 6.07) is 16.8. The third-order valence-electron chi connectivity index (χ3n) is 6.06. The summed E-state index contributed by atoms with van der Waals surface area (Å²) in [6.45, 7) is 0.212. The van der Waals surface area contributed by atoms with E-state index in [0.29, 0.717) is 17.9 Å². The minimum atomic E-state index is -2.19. The topological polar surface area (TPSA) is 115 Å². The van der Waals surface area contributed by atoms with Gasteiger partial charge in [-0.3, -0.25) is 0 Å². The average molecular weight is 414 g/mol. The number of benzene rings is 2. The zero-order chi connectivity index (χ0) is 20.9. The van der Waals surface area contributed by atoms with Crippen molar-refractivity contribution in [3.05, 3.63) is 65.7 Å². The number of fused-ring (bicyclic) bond motifs is 2. The normalized spacial score (nSPS) is 37.4. The van der Waals surface area contributed by atoms with Crippen LogP contribution in [0.1, 0.15) is 23.5 Å². The van der Waals surface area contributed by atoms with Gasteiger partial charge in [0.1, 0.15) is 18.5 Å². The lowest BCUT2D eigenvalue weighted by Crippen LogP contribution is -2.60. The van der Waals surface area contributed by atoms with Gasteiger partial charge >= 0.3 is 5.97 Å². The summed E-state index contributed by atoms with van der Waals surface area (Å²) in [6.07, 6.45) is -3.67. The molecule has 3 N–H and O–H groups in total. The third kappa shape index (κ3) is 2.76. The highest BCUT2D eigenvalue weighted by Gasteiger charge is 2.79. The van der Waals surface area contributed by atoms with Crippen molar-refractivity contribution < 1.29 is 39.1 Å². The van der Waals surface area contributed by atoms with Crippen molar-refractivity contribution in [2.24, 2.45) is 0 Å². The molecule has 2 aromatic rings. The SMILES string of the molecule is O=C1O[C@@H]2[C@@H](O)CO[C@]2(O)[C@]12OC(O)C[C@@H]2c1ccc(OCc2ccccc2)cc1. The average Bonchev–Trinajstić information content (AvgIpc) is 3.34. The lowest BCUT2D eigenvalue weighted by molar-refractivity contribution is -0.287. The van der Waals surface area contributed by atoms with Crippen LogP contribution in [-0.4, -0.2) is 57.8 Å². The van der Waals surface area contributed by atoms with E-state index in [9.17, 15) is 20.1 Å². The number of carbonyl (C=O) groups excluding carboxylic acids is 1. The molecule has 2 aromatic carbocycles. The van der Waals surface area contributed by atoms with Crippen molar-refractivity contribution in [2.75, 3.05) is 6.61 Å². The van der Waals surface area contributed by atoms with Crippen LogP contribution in [-0.2, 0) is 25.6 Å². The molecule has 8 nitrogen and oxygen atoms in total. The molecule has 6 atom stereocenters. The van der Waals surface area contributed by atoms with Crippen LogP contribution in [0.2, 0.25) is 0 Å². The molecule has 8 heteroatoms. The summed E-state index contributed by atoms with van der Waals surface area (Å²) in [7, 11) is 0. The second-order valence-corrected chi connectivity index (χ2v) is 7.84. The van der Waals surface area contributed by atoms with Crippen LogP contribution in [0.3, 0.4) is 0 Å². The maximum atomic E-state index is 12.8. The first-order chi connectivity index (χ1) is 14.4. The number of esters is 1. The highest BCUT2D eigenvalue weighted by molar-refractivity contribution is 5.86. The fraction of sp³-hybridized carbons (Fsp3) is 0.409. The standard InChI is InChI=1S/C22H22O8/c23-17-12-28-22(26)19(17)29-20(25)21(22)16(10-18(24)30-21)14-6-8-15(9-7-14)27-11-13-4-2-1-3-5-13/h1-9,16-19,23-24,26H,10-12H2/t16-,17+,18?,19-,21-,22+/m1/s1. The van der Waals surface area contributed by atoms with Crippen LogP contribution >= 0.6 is 0 Å². The summed E-state index contributed by atoms with van der Waals surface area (Å²) in [5, 5.41) is 31.4. The van der Waals surface area contributed by atoms with Crippen molar-refractivity contribution in [3.8, 4) is 5.75 Å². The van der Waals surface area contributed by atoms with Gasteiger partial charge in [-0.1, -0.05) is 42.5 Å². The minimum absolute atomic E-state index is 0.0633. The van der Waals surface area contributed by atoms with Gasteiger partial charge in [-0.05, 0) is 23.3 Å². The van der Waals surface area contributed by atoms with Gasteiger partial charge in [0.2, 0.25) is 11.4 Å². The Morgan fingerprint density at radius 2 is 1.80 bits per heavy atom. The third-order valence-corrected chi connectivity index (χ3v) is 6.06. The van der Waals surface area contributed by atoms with Crippen LogP contribution in [0.5, 0.6) is 5.75 Å². The molecule has 30 heavy (non-hydrogen) atoms. The maximum absolute atomic E-state index is 12.8. The Labute approximate surface area is 172 Å². The minimum Gasteiger partial charge on any atom is -0.489 e. The van der Waals surface area contributed by atoms with E-state index in [2.05, 4.69) is 0 Å². The van der Waals surface area contributed by atoms with E-state index in [1.807, 2.05) is 30.3 Å². The molecule has 1 spiro atoms. The second kappa shape index (κ2) is 7.04. The van der Waals surface area contributed by atoms with Gasteiger partial charge in [0.15, 0.2) is 12.4 Å². The Balaban J connectivity index is 1.41. The molecular weight excluding hydrogens is 392 g/mol. The van der Waals surface area contributed by atoms with E-state index in [-0.39, 0.29) is 13.0 Å². The Morgan fingerprint density at radius 3 is 2.53 bits per heavy atom. The summed E-state index contributed by atoms with van der Waals surface area (Å²) >= 11 is 0. The van der Waals surface area contributed by atoms with Gasteiger partial charge in [-0.15, -0.1) is 0 Å². The Bertz CT molecular complexity index is 932. The molecule has 158 valence electrons. The predicted molar refractivity (Wildman–Crippen MR) is 101 cm³/mol. The largest absolute Gasteiger partial charge is 0.489 e. The zero-order valence-electron chi connectivity index (χ0n) is 16.0. The number of hydrogen-bond donors (Lipinski definition) is 3. The monoisotopic (exact) mass is 414 g/mol. The van der Waals surface area contributed by atoms with Gasteiger partial charge < -0.3 is 34.3 Å². The van der Waals surface area contributed by atoms with Gasteiger partial charge in [-0.2, -0.15) is 0 Å². The van der Waals surface area contributed by atoms with Gasteiger partial charge in [-0.25, -0.2) is 4.79 Å². The van der Waals surface area contributed by atoms with Crippen molar-refractivity contribution in [1.29, 1.82) is 0 Å². The molecule has 3 fully saturated rings. The van der Waals surface area contributed by atoms with E-state index >= 15 is 0 Å². The molecule has 3 aliphatic heterocycles. The molecule has 3 aliphatic rings. The molecule has 1 unspecified atom stereocenters. The first kappa shape index (κ1) is 19.5. The molecule has 0 bridgehead atoms. The van der Waals surface area contributed by atoms with Crippen molar-refractivity contribution in [2.45, 2.75) is 48.8 Å². The van der Waals surface area contributed by atoms with Crippen LogP contribution in [0.4, 0.5) is 0 Å². The lowest BCUT2D eigenvalue weighted by Gasteiger charge is -2.36. The smallest absolute Gasteiger partial charge is 0.345 e. The molecule has 0 amide bonds. The number of hydrogen-bond acceptors (Lipinski definition) is 8. The number of ether oxygens (including phenoxy) is 4. The zero-order valence-corrected chi connectivity index (χ0v) is 16.0. The van der Waals surface area contributed by atoms with E-state index in [4.69, 9.17) is 18.9 Å². The van der Waals surface area contributed by atoms with Gasteiger partial charge in [0.25, 0.3) is 0 Å². The van der Waals surface area contributed by atoms with Crippen molar-refractivity contribution in [1.82, 2.24) is 0 Å². The van der Waals surface area contributed by atoms with E-state index in [0.717, 1.165) is 5.56 Å². The second-order valence-electron chi connectivity index (χ2n) is 7.84. The van der Waals surface area contributed by atoms with Crippen LogP contribution in [0.25, 0.3) is 0 Å². The lowest BCUT2D eigenvalue weighted by atomic mass is 9.76. The molecule has 5 rings (SSSR count). The van der Waals surface area contributed by atoms with Crippen molar-refractivity contribution in [3.63, 3.8) is 0 Å². The quantitative estimate of drug-likeness (QED) is 0.631. The Morgan fingerprint density at radius 1 is 1.07 bits per heavy atom. The predicted octanol–water partition coefficient (Wildman–Crippen LogP) is 0.832. The highest BCUT2D eigenvalue weighted by atomic mass is 16.8. The fourth-order valence-electron chi connectivity index (χ4n) is 4.61. The summed E-state index contributed by atoms with van der Waals surface area (Å²) in [5.41, 5.74) is -0.276. The van der Waals surface area contributed by atoms with Crippen LogP contribution in [0, 0.1) is 0 Å². The van der Waals surface area contributed by atoms with Gasteiger partial charge in [0.05, 0.1) is 6.61 Å². The number of rotatable bonds is 4. The fourth-order valence-corrected chi connectivity index (χ4v) is 4.61. The molecular formula is C22H22O8. The molecule has 0 aliphatic carbocycles. The number of aliphatic hydroxyl groups is 3. The first-order valence-electron chi connectivity index (χ1n) is 9.82. The first-order valence-corrected chi connectivity index (χ1v) is 9.82. The molecule has 0 radical (unpaired) electrons. The number of aliphatic hydroxyl groups excluding tert-OH is 2. The molecule has 0 aromatic heterocycles. The molecule has 0 saturated carbocycles. The highest BCUT2D eigenvalue weighted by Crippen LogP contribution is 2.57.